The van der Waals surface area contributed by atoms with E-state index in [1.165, 1.54) is 11.1 Å². The van der Waals surface area contributed by atoms with E-state index in [-0.39, 0.29) is 24.0 Å². The number of rotatable bonds is 8. The highest BCUT2D eigenvalue weighted by Crippen LogP contribution is 2.07. The number of carbonyl (C=O) groups excluding carboxylic acids is 1. The quantitative estimate of drug-likeness (QED) is 0.212. The molecule has 0 saturated heterocycles. The van der Waals surface area contributed by atoms with E-state index in [0.717, 1.165) is 18.9 Å². The second-order valence-corrected chi connectivity index (χ2v) is 7.69. The summed E-state index contributed by atoms with van der Waals surface area (Å²) < 4.78 is 7.24. The van der Waals surface area contributed by atoms with E-state index < -0.39 is 11.7 Å². The van der Waals surface area contributed by atoms with Gasteiger partial charge in [-0.3, -0.25) is 4.99 Å². The average Bonchev–Trinajstić information content (AvgIpc) is 3.17. The second kappa shape index (κ2) is 13.1. The lowest BCUT2D eigenvalue weighted by Crippen LogP contribution is -2.39. The van der Waals surface area contributed by atoms with Gasteiger partial charge in [-0.2, -0.15) is 0 Å². The molecule has 0 aliphatic heterocycles. The number of guanidine groups is 1. The molecule has 0 saturated carbocycles. The van der Waals surface area contributed by atoms with Crippen molar-refractivity contribution in [2.75, 3.05) is 20.1 Å². The number of aromatic nitrogens is 2. The molecule has 0 radical (unpaired) electrons. The number of hydrogen-bond acceptors (Lipinski definition) is 4. The molecule has 2 rings (SSSR count). The number of aliphatic imine (C=N–C) groups is 1. The first-order valence-corrected chi connectivity index (χ1v) is 9.80. The normalized spacial score (nSPS) is 11.4. The van der Waals surface area contributed by atoms with Crippen molar-refractivity contribution in [1.29, 1.82) is 0 Å². The van der Waals surface area contributed by atoms with Crippen LogP contribution in [0.2, 0.25) is 0 Å². The van der Waals surface area contributed by atoms with Crippen LogP contribution >= 0.6 is 24.0 Å². The molecule has 0 spiro atoms. The third-order valence-electron chi connectivity index (χ3n) is 3.95. The predicted octanol–water partition coefficient (Wildman–Crippen LogP) is 3.13. The van der Waals surface area contributed by atoms with Crippen molar-refractivity contribution >= 4 is 36.0 Å². The van der Waals surface area contributed by atoms with Crippen LogP contribution in [0.25, 0.3) is 0 Å². The maximum absolute atomic E-state index is 11.6. The van der Waals surface area contributed by atoms with Crippen molar-refractivity contribution in [3.05, 3.63) is 54.1 Å². The minimum Gasteiger partial charge on any atom is -0.444 e. The second-order valence-electron chi connectivity index (χ2n) is 7.69. The van der Waals surface area contributed by atoms with Crippen LogP contribution in [-0.2, 0) is 17.8 Å². The SMILES string of the molecule is CN=C(NCCCNC(=O)OC(C)(C)C)NCc1ccc(Cn2ccnc2)cc1.I. The van der Waals surface area contributed by atoms with Crippen LogP contribution in [0.1, 0.15) is 38.3 Å². The van der Waals surface area contributed by atoms with Crippen molar-refractivity contribution in [2.45, 2.75) is 45.9 Å². The van der Waals surface area contributed by atoms with E-state index >= 15 is 0 Å². The van der Waals surface area contributed by atoms with Gasteiger partial charge in [-0.1, -0.05) is 24.3 Å². The standard InChI is InChI=1S/C21H32N6O2.HI/c1-21(2,3)29-20(28)25-11-5-10-24-19(22-4)26-14-17-6-8-18(9-7-17)15-27-13-12-23-16-27;/h6-9,12-13,16H,5,10-11,14-15H2,1-4H3,(H,25,28)(H2,22,24,26);1H. The van der Waals surface area contributed by atoms with Gasteiger partial charge >= 0.3 is 6.09 Å². The van der Waals surface area contributed by atoms with E-state index in [4.69, 9.17) is 4.74 Å². The molecule has 30 heavy (non-hydrogen) atoms. The number of benzene rings is 1. The van der Waals surface area contributed by atoms with Gasteiger partial charge in [0, 0.05) is 45.6 Å². The summed E-state index contributed by atoms with van der Waals surface area (Å²) in [5, 5.41) is 9.27. The molecule has 0 atom stereocenters. The zero-order valence-electron chi connectivity index (χ0n) is 18.1. The Hall–Kier alpha value is -2.30. The largest absolute Gasteiger partial charge is 0.444 e. The molecule has 0 bridgehead atoms. The van der Waals surface area contributed by atoms with Gasteiger partial charge in [0.15, 0.2) is 5.96 Å². The molecule has 8 nitrogen and oxygen atoms in total. The van der Waals surface area contributed by atoms with Crippen molar-refractivity contribution in [1.82, 2.24) is 25.5 Å². The summed E-state index contributed by atoms with van der Waals surface area (Å²) in [5.74, 6) is 0.727. The van der Waals surface area contributed by atoms with Crippen molar-refractivity contribution < 1.29 is 9.53 Å². The number of nitrogens with zero attached hydrogens (tertiary/aromatic N) is 3. The lowest BCUT2D eigenvalue weighted by Gasteiger charge is -2.19. The molecule has 166 valence electrons. The highest BCUT2D eigenvalue weighted by molar-refractivity contribution is 14.0. The van der Waals surface area contributed by atoms with Crippen LogP contribution in [0.15, 0.2) is 48.0 Å². The van der Waals surface area contributed by atoms with Gasteiger partial charge in [-0.15, -0.1) is 24.0 Å². The van der Waals surface area contributed by atoms with Crippen molar-refractivity contribution in [3.63, 3.8) is 0 Å². The molecule has 0 aliphatic rings. The Morgan fingerprint density at radius 2 is 1.77 bits per heavy atom. The third-order valence-corrected chi connectivity index (χ3v) is 3.95. The average molecular weight is 528 g/mol. The number of ether oxygens (including phenoxy) is 1. The van der Waals surface area contributed by atoms with Crippen molar-refractivity contribution in [3.8, 4) is 0 Å². The van der Waals surface area contributed by atoms with Gasteiger partial charge in [0.05, 0.1) is 6.33 Å². The fourth-order valence-electron chi connectivity index (χ4n) is 2.56. The number of carbonyl (C=O) groups is 1. The molecule has 9 heteroatoms. The highest BCUT2D eigenvalue weighted by Gasteiger charge is 2.15. The van der Waals surface area contributed by atoms with Crippen LogP contribution in [0, 0.1) is 0 Å². The molecule has 1 aromatic carbocycles. The Labute approximate surface area is 195 Å². The first kappa shape index (κ1) is 25.7. The van der Waals surface area contributed by atoms with E-state index in [1.807, 2.05) is 37.9 Å². The number of halogens is 1. The Morgan fingerprint density at radius 3 is 2.37 bits per heavy atom. The Balaban J connectivity index is 0.00000450. The lowest BCUT2D eigenvalue weighted by atomic mass is 10.1. The third kappa shape index (κ3) is 10.5. The molecule has 1 amide bonds. The topological polar surface area (TPSA) is 92.6 Å². The number of nitrogens with one attached hydrogen (secondary N) is 3. The minimum absolute atomic E-state index is 0. The maximum Gasteiger partial charge on any atom is 0.407 e. The molecule has 0 fully saturated rings. The molecular formula is C21H33IN6O2. The Morgan fingerprint density at radius 1 is 1.10 bits per heavy atom. The van der Waals surface area contributed by atoms with Crippen LogP contribution in [-0.4, -0.2) is 47.3 Å². The maximum atomic E-state index is 11.6. The molecular weight excluding hydrogens is 495 g/mol. The van der Waals surface area contributed by atoms with Gasteiger partial charge in [0.1, 0.15) is 5.60 Å². The zero-order chi connectivity index (χ0) is 21.1. The zero-order valence-corrected chi connectivity index (χ0v) is 20.5. The predicted molar refractivity (Wildman–Crippen MR) is 130 cm³/mol. The summed E-state index contributed by atoms with van der Waals surface area (Å²) in [6.07, 6.45) is 5.92. The van der Waals surface area contributed by atoms with E-state index in [1.54, 1.807) is 13.2 Å². The number of imidazole rings is 1. The van der Waals surface area contributed by atoms with E-state index in [0.29, 0.717) is 19.6 Å². The van der Waals surface area contributed by atoms with Gasteiger partial charge in [-0.25, -0.2) is 9.78 Å². The van der Waals surface area contributed by atoms with E-state index in [2.05, 4.69) is 50.2 Å². The van der Waals surface area contributed by atoms with Gasteiger partial charge in [-0.05, 0) is 38.3 Å². The fraction of sp³-hybridized carbons (Fsp3) is 0.476. The van der Waals surface area contributed by atoms with E-state index in [9.17, 15) is 4.79 Å². The molecule has 1 heterocycles. The smallest absolute Gasteiger partial charge is 0.407 e. The summed E-state index contributed by atoms with van der Waals surface area (Å²) in [5.41, 5.74) is 1.92. The number of hydrogen-bond donors (Lipinski definition) is 3. The van der Waals surface area contributed by atoms with Gasteiger partial charge in [0.25, 0.3) is 0 Å². The van der Waals surface area contributed by atoms with Crippen LogP contribution in [0.5, 0.6) is 0 Å². The Kier molecular flexibility index (Phi) is 11.2. The summed E-state index contributed by atoms with van der Waals surface area (Å²) in [7, 11) is 1.74. The summed E-state index contributed by atoms with van der Waals surface area (Å²) in [4.78, 5) is 19.9. The summed E-state index contributed by atoms with van der Waals surface area (Å²) in [6, 6.07) is 8.46. The molecule has 1 aromatic heterocycles. The molecule has 3 N–H and O–H groups in total. The number of amides is 1. The molecule has 0 aliphatic carbocycles. The highest BCUT2D eigenvalue weighted by atomic mass is 127. The van der Waals surface area contributed by atoms with Crippen LogP contribution < -0.4 is 16.0 Å². The molecule has 0 unspecified atom stereocenters. The minimum atomic E-state index is -0.480. The Bertz CT molecular complexity index is 770. The number of alkyl carbamates (subject to hydrolysis) is 1. The van der Waals surface area contributed by atoms with Crippen LogP contribution in [0.4, 0.5) is 4.79 Å². The summed E-state index contributed by atoms with van der Waals surface area (Å²) in [6.45, 7) is 8.26. The fourth-order valence-corrected chi connectivity index (χ4v) is 2.56. The van der Waals surface area contributed by atoms with Gasteiger partial charge < -0.3 is 25.3 Å². The first-order chi connectivity index (χ1) is 13.9. The van der Waals surface area contributed by atoms with Crippen LogP contribution in [0.3, 0.4) is 0 Å². The van der Waals surface area contributed by atoms with Crippen molar-refractivity contribution in [2.24, 2.45) is 4.99 Å². The summed E-state index contributed by atoms with van der Waals surface area (Å²) >= 11 is 0. The first-order valence-electron chi connectivity index (χ1n) is 9.80. The van der Waals surface area contributed by atoms with Gasteiger partial charge in [0.2, 0.25) is 0 Å². The lowest BCUT2D eigenvalue weighted by molar-refractivity contribution is 0.0527. The monoisotopic (exact) mass is 528 g/mol. The molecule has 2 aromatic rings.